The molecular weight excluding hydrogens is 406 g/mol. The topological polar surface area (TPSA) is 47.4 Å². The maximum atomic E-state index is 12.7. The lowest BCUT2D eigenvalue weighted by molar-refractivity contribution is -0.117. The van der Waals surface area contributed by atoms with Crippen molar-refractivity contribution < 1.29 is 9.53 Å². The van der Waals surface area contributed by atoms with Gasteiger partial charge in [0.25, 0.3) is 0 Å². The van der Waals surface area contributed by atoms with E-state index in [0.717, 1.165) is 32.8 Å². The van der Waals surface area contributed by atoms with Gasteiger partial charge in [0.15, 0.2) is 0 Å². The number of ether oxygens (including phenoxy) is 1. The first-order chi connectivity index (χ1) is 13.1. The Balaban J connectivity index is 1.68. The van der Waals surface area contributed by atoms with Gasteiger partial charge in [-0.2, -0.15) is 0 Å². The zero-order chi connectivity index (χ0) is 19.0. The van der Waals surface area contributed by atoms with Gasteiger partial charge in [0, 0.05) is 29.1 Å². The Bertz CT molecular complexity index is 1010. The molecule has 0 aliphatic carbocycles. The summed E-state index contributed by atoms with van der Waals surface area (Å²) < 4.78 is 8.24. The number of halogens is 1. The van der Waals surface area contributed by atoms with Gasteiger partial charge >= 0.3 is 0 Å². The molecule has 4 rings (SSSR count). The number of methoxy groups -OCH3 is 1. The third kappa shape index (κ3) is 3.37. The van der Waals surface area contributed by atoms with Crippen LogP contribution < -0.4 is 9.64 Å². The van der Waals surface area contributed by atoms with Gasteiger partial charge in [-0.25, -0.2) is 4.98 Å². The maximum Gasteiger partial charge on any atom is 0.227 e. The fourth-order valence-corrected chi connectivity index (χ4v) is 3.89. The molecule has 1 saturated heterocycles. The van der Waals surface area contributed by atoms with Crippen molar-refractivity contribution >= 4 is 38.6 Å². The molecule has 0 bridgehead atoms. The molecule has 0 saturated carbocycles. The van der Waals surface area contributed by atoms with Crippen molar-refractivity contribution in [3.8, 4) is 5.75 Å². The molecular formula is C21H20BrN3O2. The van der Waals surface area contributed by atoms with E-state index in [-0.39, 0.29) is 11.8 Å². The van der Waals surface area contributed by atoms with Crippen molar-refractivity contribution in [2.24, 2.45) is 0 Å². The summed E-state index contributed by atoms with van der Waals surface area (Å²) in [5.74, 6) is 1.86. The van der Waals surface area contributed by atoms with Crippen LogP contribution in [-0.4, -0.2) is 29.1 Å². The normalized spacial score (nSPS) is 16.9. The number of carbonyl (C=O) groups excluding carboxylic acids is 1. The molecule has 1 aliphatic rings. The van der Waals surface area contributed by atoms with Crippen LogP contribution in [0.1, 0.15) is 18.2 Å². The van der Waals surface area contributed by atoms with E-state index in [1.54, 1.807) is 7.11 Å². The third-order valence-corrected chi connectivity index (χ3v) is 5.14. The number of amides is 1. The van der Waals surface area contributed by atoms with Crippen LogP contribution >= 0.6 is 15.9 Å². The molecule has 1 fully saturated rings. The molecule has 0 spiro atoms. The summed E-state index contributed by atoms with van der Waals surface area (Å²) in [5.41, 5.74) is 2.89. The molecule has 1 atom stereocenters. The van der Waals surface area contributed by atoms with Crippen molar-refractivity contribution in [3.63, 3.8) is 0 Å². The second kappa shape index (κ2) is 7.19. The zero-order valence-corrected chi connectivity index (χ0v) is 16.6. The van der Waals surface area contributed by atoms with Crippen LogP contribution in [0, 0.1) is 0 Å². The highest BCUT2D eigenvalue weighted by Gasteiger charge is 2.34. The summed E-state index contributed by atoms with van der Waals surface area (Å²) in [7, 11) is 1.63. The van der Waals surface area contributed by atoms with E-state index in [2.05, 4.69) is 33.1 Å². The number of hydrogen-bond acceptors (Lipinski definition) is 3. The van der Waals surface area contributed by atoms with Crippen molar-refractivity contribution in [2.45, 2.75) is 18.9 Å². The van der Waals surface area contributed by atoms with Crippen molar-refractivity contribution in [1.29, 1.82) is 0 Å². The number of fused-ring (bicyclic) bond motifs is 1. The van der Waals surface area contributed by atoms with Crippen LogP contribution in [0.4, 0.5) is 5.69 Å². The number of hydrogen-bond donors (Lipinski definition) is 0. The van der Waals surface area contributed by atoms with E-state index in [9.17, 15) is 4.79 Å². The molecule has 2 aromatic carbocycles. The quantitative estimate of drug-likeness (QED) is 0.605. The number of allylic oxidation sites excluding steroid dienone is 1. The highest BCUT2D eigenvalue weighted by molar-refractivity contribution is 9.11. The average molecular weight is 426 g/mol. The first-order valence-electron chi connectivity index (χ1n) is 8.79. The van der Waals surface area contributed by atoms with Gasteiger partial charge in [-0.3, -0.25) is 4.79 Å². The predicted molar refractivity (Wildman–Crippen MR) is 111 cm³/mol. The summed E-state index contributed by atoms with van der Waals surface area (Å²) in [6.07, 6.45) is 0.449. The summed E-state index contributed by atoms with van der Waals surface area (Å²) >= 11 is 3.47. The van der Waals surface area contributed by atoms with Gasteiger partial charge < -0.3 is 14.2 Å². The van der Waals surface area contributed by atoms with E-state index >= 15 is 0 Å². The van der Waals surface area contributed by atoms with Crippen LogP contribution in [0.15, 0.2) is 59.6 Å². The Labute approximate surface area is 166 Å². The zero-order valence-electron chi connectivity index (χ0n) is 15.1. The minimum atomic E-state index is 0.0406. The maximum absolute atomic E-state index is 12.7. The van der Waals surface area contributed by atoms with Crippen LogP contribution in [0.5, 0.6) is 5.75 Å². The third-order valence-electron chi connectivity index (χ3n) is 4.89. The smallest absolute Gasteiger partial charge is 0.227 e. The van der Waals surface area contributed by atoms with Crippen LogP contribution in [0.2, 0.25) is 0 Å². The van der Waals surface area contributed by atoms with Crippen LogP contribution in [0.25, 0.3) is 11.0 Å². The number of anilines is 1. The van der Waals surface area contributed by atoms with E-state index in [4.69, 9.17) is 9.72 Å². The molecule has 5 nitrogen and oxygen atoms in total. The molecule has 0 radical (unpaired) electrons. The van der Waals surface area contributed by atoms with E-state index in [0.29, 0.717) is 19.5 Å². The minimum Gasteiger partial charge on any atom is -0.497 e. The number of aromatic nitrogens is 2. The molecule has 0 unspecified atom stereocenters. The molecule has 0 N–H and O–H groups in total. The lowest BCUT2D eigenvalue weighted by Crippen LogP contribution is -2.24. The summed E-state index contributed by atoms with van der Waals surface area (Å²) in [6.45, 7) is 5.22. The van der Waals surface area contributed by atoms with Gasteiger partial charge in [-0.15, -0.1) is 0 Å². The molecule has 1 aliphatic heterocycles. The van der Waals surface area contributed by atoms with Crippen molar-refractivity contribution in [2.75, 3.05) is 18.6 Å². The first kappa shape index (κ1) is 17.8. The standard InChI is InChI=1S/C21H20BrN3O2/c1-14(22)12-25-19-6-4-3-5-18(19)23-21(25)15-11-20(26)24(13-15)16-7-9-17(27-2)10-8-16/h3-10,15H,1,11-13H2,2H3/t15-/m1/s1. The number of para-hydroxylation sites is 2. The highest BCUT2D eigenvalue weighted by Crippen LogP contribution is 2.34. The Hall–Kier alpha value is -2.60. The van der Waals surface area contributed by atoms with E-state index in [1.165, 1.54) is 0 Å². The second-order valence-corrected chi connectivity index (χ2v) is 7.79. The monoisotopic (exact) mass is 425 g/mol. The highest BCUT2D eigenvalue weighted by atomic mass is 79.9. The van der Waals surface area contributed by atoms with Gasteiger partial charge in [0.1, 0.15) is 11.6 Å². The Morgan fingerprint density at radius 1 is 1.26 bits per heavy atom. The first-order valence-corrected chi connectivity index (χ1v) is 9.59. The predicted octanol–water partition coefficient (Wildman–Crippen LogP) is 4.47. The molecule has 27 heavy (non-hydrogen) atoms. The Morgan fingerprint density at radius 3 is 2.70 bits per heavy atom. The summed E-state index contributed by atoms with van der Waals surface area (Å²) in [5, 5.41) is 0. The van der Waals surface area contributed by atoms with Gasteiger partial charge in [0.05, 0.1) is 24.7 Å². The van der Waals surface area contributed by atoms with E-state index < -0.39 is 0 Å². The minimum absolute atomic E-state index is 0.0406. The fraction of sp³-hybridized carbons (Fsp3) is 0.238. The molecule has 6 heteroatoms. The second-order valence-electron chi connectivity index (χ2n) is 6.67. The molecule has 1 aromatic heterocycles. The van der Waals surface area contributed by atoms with Crippen LogP contribution in [0.3, 0.4) is 0 Å². The lowest BCUT2D eigenvalue weighted by Gasteiger charge is -2.17. The van der Waals surface area contributed by atoms with E-state index in [1.807, 2.05) is 47.4 Å². The molecule has 3 aromatic rings. The lowest BCUT2D eigenvalue weighted by atomic mass is 10.1. The van der Waals surface area contributed by atoms with Gasteiger partial charge in [-0.05, 0) is 36.4 Å². The average Bonchev–Trinajstić information content (AvgIpc) is 3.22. The summed E-state index contributed by atoms with van der Waals surface area (Å²) in [4.78, 5) is 19.4. The number of carbonyl (C=O) groups is 1. The molecule has 1 amide bonds. The Kier molecular flexibility index (Phi) is 4.74. The number of rotatable bonds is 5. The SMILES string of the molecule is C=C(Br)Cn1c([C@@H]2CC(=O)N(c3ccc(OC)cc3)C2)nc2ccccc21. The van der Waals surface area contributed by atoms with Crippen molar-refractivity contribution in [1.82, 2.24) is 9.55 Å². The van der Waals surface area contributed by atoms with Crippen LogP contribution in [-0.2, 0) is 11.3 Å². The largest absolute Gasteiger partial charge is 0.497 e. The molecule has 2 heterocycles. The number of imidazole rings is 1. The number of nitrogens with zero attached hydrogens (tertiary/aromatic N) is 3. The molecule has 138 valence electrons. The van der Waals surface area contributed by atoms with Gasteiger partial charge in [-0.1, -0.05) is 34.6 Å². The fourth-order valence-electron chi connectivity index (χ4n) is 3.64. The summed E-state index contributed by atoms with van der Waals surface area (Å²) in [6, 6.07) is 15.6. The Morgan fingerprint density at radius 2 is 2.00 bits per heavy atom. The van der Waals surface area contributed by atoms with Crippen molar-refractivity contribution in [3.05, 3.63) is 65.4 Å². The van der Waals surface area contributed by atoms with Gasteiger partial charge in [0.2, 0.25) is 5.91 Å². The number of benzene rings is 2.